The molecule has 2 N–H and O–H groups in total. The number of benzene rings is 2. The summed E-state index contributed by atoms with van der Waals surface area (Å²) < 4.78 is 19.3. The van der Waals surface area contributed by atoms with Gasteiger partial charge in [-0.15, -0.1) is 0 Å². The third-order valence-corrected chi connectivity index (χ3v) is 3.79. The van der Waals surface area contributed by atoms with E-state index in [2.05, 4.69) is 5.32 Å². The van der Waals surface area contributed by atoms with E-state index in [1.807, 2.05) is 25.1 Å². The van der Waals surface area contributed by atoms with Gasteiger partial charge in [-0.25, -0.2) is 4.39 Å². The Labute approximate surface area is 123 Å². The standard InChI is InChI=1S/C17H18FNO2/c1-11-4-2-5-13-15(6-3-9-21-17(11)13)19-12-7-8-16(20)14(18)10-12/h2,4-5,7-8,10,15,19-20H,3,6,9H2,1H3. The smallest absolute Gasteiger partial charge is 0.166 e. The molecule has 0 saturated heterocycles. The summed E-state index contributed by atoms with van der Waals surface area (Å²) in [5, 5.41) is 12.6. The number of phenolic OH excluding ortho intramolecular Hbond substituents is 1. The summed E-state index contributed by atoms with van der Waals surface area (Å²) in [7, 11) is 0. The molecule has 21 heavy (non-hydrogen) atoms. The van der Waals surface area contributed by atoms with Gasteiger partial charge in [-0.2, -0.15) is 0 Å². The molecule has 0 aromatic heterocycles. The molecule has 2 aromatic carbocycles. The number of anilines is 1. The molecule has 110 valence electrons. The maximum Gasteiger partial charge on any atom is 0.166 e. The van der Waals surface area contributed by atoms with Gasteiger partial charge in [0, 0.05) is 17.3 Å². The van der Waals surface area contributed by atoms with Crippen LogP contribution in [0, 0.1) is 12.7 Å². The Balaban J connectivity index is 1.92. The molecule has 0 bridgehead atoms. The SMILES string of the molecule is Cc1cccc2c1OCCCC2Nc1ccc(O)c(F)c1. The van der Waals surface area contributed by atoms with Gasteiger partial charge in [0.05, 0.1) is 12.6 Å². The minimum atomic E-state index is -0.616. The molecule has 1 unspecified atom stereocenters. The van der Waals surface area contributed by atoms with E-state index in [1.165, 1.54) is 12.1 Å². The molecule has 0 aliphatic carbocycles. The van der Waals surface area contributed by atoms with Crippen molar-refractivity contribution in [1.82, 2.24) is 0 Å². The summed E-state index contributed by atoms with van der Waals surface area (Å²) in [6.45, 7) is 2.72. The summed E-state index contributed by atoms with van der Waals surface area (Å²) in [5.74, 6) is -0.0258. The lowest BCUT2D eigenvalue weighted by molar-refractivity contribution is 0.314. The van der Waals surface area contributed by atoms with E-state index in [1.54, 1.807) is 6.07 Å². The molecule has 3 rings (SSSR count). The van der Waals surface area contributed by atoms with Crippen LogP contribution in [0.2, 0.25) is 0 Å². The molecule has 0 fully saturated rings. The molecule has 3 nitrogen and oxygen atoms in total. The third kappa shape index (κ3) is 2.79. The number of phenols is 1. The summed E-state index contributed by atoms with van der Waals surface area (Å²) in [6, 6.07) is 10.5. The fraction of sp³-hybridized carbons (Fsp3) is 0.294. The van der Waals surface area contributed by atoms with E-state index in [0.717, 1.165) is 29.7 Å². The van der Waals surface area contributed by atoms with Crippen LogP contribution in [-0.2, 0) is 0 Å². The zero-order valence-corrected chi connectivity index (χ0v) is 11.9. The summed E-state index contributed by atoms with van der Waals surface area (Å²) >= 11 is 0. The lowest BCUT2D eigenvalue weighted by Gasteiger charge is -2.20. The Morgan fingerprint density at radius 2 is 2.14 bits per heavy atom. The van der Waals surface area contributed by atoms with Gasteiger partial charge in [-0.05, 0) is 37.5 Å². The largest absolute Gasteiger partial charge is 0.505 e. The van der Waals surface area contributed by atoms with Crippen molar-refractivity contribution in [1.29, 1.82) is 0 Å². The second kappa shape index (κ2) is 5.64. The highest BCUT2D eigenvalue weighted by Gasteiger charge is 2.21. The summed E-state index contributed by atoms with van der Waals surface area (Å²) in [5.41, 5.74) is 2.86. The first-order chi connectivity index (χ1) is 10.1. The van der Waals surface area contributed by atoms with Crippen molar-refractivity contribution in [2.75, 3.05) is 11.9 Å². The first kappa shape index (κ1) is 13.7. The highest BCUT2D eigenvalue weighted by molar-refractivity contribution is 5.52. The van der Waals surface area contributed by atoms with Crippen molar-refractivity contribution in [2.24, 2.45) is 0 Å². The average Bonchev–Trinajstić information content (AvgIpc) is 2.67. The van der Waals surface area contributed by atoms with Crippen LogP contribution in [0.5, 0.6) is 11.5 Å². The van der Waals surface area contributed by atoms with Crippen LogP contribution in [0.1, 0.15) is 30.0 Å². The number of ether oxygens (including phenoxy) is 1. The minimum Gasteiger partial charge on any atom is -0.505 e. The Bertz CT molecular complexity index is 657. The second-order valence-corrected chi connectivity index (χ2v) is 5.35. The molecule has 1 aliphatic rings. The zero-order valence-electron chi connectivity index (χ0n) is 11.9. The quantitative estimate of drug-likeness (QED) is 0.815. The number of fused-ring (bicyclic) bond motifs is 1. The van der Waals surface area contributed by atoms with Gasteiger partial charge in [-0.1, -0.05) is 18.2 Å². The number of rotatable bonds is 2. The normalized spacial score (nSPS) is 17.5. The average molecular weight is 287 g/mol. The highest BCUT2D eigenvalue weighted by Crippen LogP contribution is 2.36. The van der Waals surface area contributed by atoms with E-state index in [4.69, 9.17) is 4.74 Å². The van der Waals surface area contributed by atoms with Crippen LogP contribution in [0.4, 0.5) is 10.1 Å². The molecule has 1 heterocycles. The first-order valence-corrected chi connectivity index (χ1v) is 7.12. The molecule has 1 aliphatic heterocycles. The van der Waals surface area contributed by atoms with Crippen LogP contribution in [-0.4, -0.2) is 11.7 Å². The lowest BCUT2D eigenvalue weighted by Crippen LogP contribution is -2.10. The molecule has 0 radical (unpaired) electrons. The van der Waals surface area contributed by atoms with Gasteiger partial charge in [0.1, 0.15) is 5.75 Å². The Morgan fingerprint density at radius 3 is 2.95 bits per heavy atom. The molecule has 0 amide bonds. The summed E-state index contributed by atoms with van der Waals surface area (Å²) in [4.78, 5) is 0. The molecule has 4 heteroatoms. The third-order valence-electron chi connectivity index (χ3n) is 3.79. The van der Waals surface area contributed by atoms with Crippen molar-refractivity contribution in [3.8, 4) is 11.5 Å². The van der Waals surface area contributed by atoms with Gasteiger partial charge < -0.3 is 15.2 Å². The van der Waals surface area contributed by atoms with Gasteiger partial charge in [0.15, 0.2) is 11.6 Å². The minimum absolute atomic E-state index is 0.0753. The number of aryl methyl sites for hydroxylation is 1. The molecule has 0 spiro atoms. The topological polar surface area (TPSA) is 41.5 Å². The maximum atomic E-state index is 13.5. The van der Waals surface area contributed by atoms with Crippen molar-refractivity contribution >= 4 is 5.69 Å². The number of aromatic hydroxyl groups is 1. The van der Waals surface area contributed by atoms with Crippen LogP contribution in [0.3, 0.4) is 0 Å². The first-order valence-electron chi connectivity index (χ1n) is 7.12. The van der Waals surface area contributed by atoms with Gasteiger partial charge in [0.25, 0.3) is 0 Å². The van der Waals surface area contributed by atoms with E-state index < -0.39 is 5.82 Å². The van der Waals surface area contributed by atoms with Crippen LogP contribution >= 0.6 is 0 Å². The van der Waals surface area contributed by atoms with Crippen LogP contribution in [0.15, 0.2) is 36.4 Å². The molecule has 0 saturated carbocycles. The van der Waals surface area contributed by atoms with E-state index in [-0.39, 0.29) is 11.8 Å². The van der Waals surface area contributed by atoms with Crippen LogP contribution in [0.25, 0.3) is 0 Å². The maximum absolute atomic E-state index is 13.5. The molecular weight excluding hydrogens is 269 g/mol. The Hall–Kier alpha value is -2.23. The number of hydrogen-bond acceptors (Lipinski definition) is 3. The van der Waals surface area contributed by atoms with Crippen LogP contribution < -0.4 is 10.1 Å². The van der Waals surface area contributed by atoms with E-state index in [9.17, 15) is 9.50 Å². The predicted octanol–water partition coefficient (Wildman–Crippen LogP) is 4.17. The van der Waals surface area contributed by atoms with E-state index in [0.29, 0.717) is 12.3 Å². The van der Waals surface area contributed by atoms with Gasteiger partial charge >= 0.3 is 0 Å². The van der Waals surface area contributed by atoms with Gasteiger partial charge in [0.2, 0.25) is 0 Å². The van der Waals surface area contributed by atoms with Crippen molar-refractivity contribution in [3.05, 3.63) is 53.3 Å². The highest BCUT2D eigenvalue weighted by atomic mass is 19.1. The lowest BCUT2D eigenvalue weighted by atomic mass is 9.99. The molecule has 1 atom stereocenters. The zero-order chi connectivity index (χ0) is 14.8. The number of halogens is 1. The Kier molecular flexibility index (Phi) is 3.69. The second-order valence-electron chi connectivity index (χ2n) is 5.35. The van der Waals surface area contributed by atoms with Crippen molar-refractivity contribution < 1.29 is 14.2 Å². The van der Waals surface area contributed by atoms with Gasteiger partial charge in [-0.3, -0.25) is 0 Å². The summed E-state index contributed by atoms with van der Waals surface area (Å²) in [6.07, 6.45) is 1.85. The predicted molar refractivity (Wildman–Crippen MR) is 80.3 cm³/mol. The van der Waals surface area contributed by atoms with Crippen molar-refractivity contribution in [2.45, 2.75) is 25.8 Å². The van der Waals surface area contributed by atoms with Crippen molar-refractivity contribution in [3.63, 3.8) is 0 Å². The fourth-order valence-corrected chi connectivity index (χ4v) is 2.71. The fourth-order valence-electron chi connectivity index (χ4n) is 2.71. The number of para-hydroxylation sites is 1. The molecular formula is C17H18FNO2. The molecule has 2 aromatic rings. The Morgan fingerprint density at radius 1 is 1.29 bits per heavy atom. The number of hydrogen-bond donors (Lipinski definition) is 2. The monoisotopic (exact) mass is 287 g/mol. The number of nitrogens with one attached hydrogen (secondary N) is 1. The van der Waals surface area contributed by atoms with E-state index >= 15 is 0 Å².